The number of hydrogen-bond donors (Lipinski definition) is 1. The lowest BCUT2D eigenvalue weighted by Gasteiger charge is -1.95. The first kappa shape index (κ1) is 8.47. The van der Waals surface area contributed by atoms with Crippen LogP contribution in [0.25, 0.3) is 11.3 Å². The van der Waals surface area contributed by atoms with Crippen molar-refractivity contribution in [1.82, 2.24) is 9.78 Å². The second-order valence-corrected chi connectivity index (χ2v) is 3.54. The van der Waals surface area contributed by atoms with Gasteiger partial charge in [0.2, 0.25) is 0 Å². The first-order chi connectivity index (χ1) is 6.40. The van der Waals surface area contributed by atoms with E-state index >= 15 is 0 Å². The molecule has 0 aliphatic heterocycles. The van der Waals surface area contributed by atoms with Crippen molar-refractivity contribution in [2.24, 2.45) is 5.73 Å². The summed E-state index contributed by atoms with van der Waals surface area (Å²) >= 11 is 1.68. The van der Waals surface area contributed by atoms with Gasteiger partial charge in [-0.1, -0.05) is 0 Å². The molecular weight excluding hydrogens is 182 g/mol. The molecule has 0 radical (unpaired) electrons. The van der Waals surface area contributed by atoms with Gasteiger partial charge in [0.15, 0.2) is 0 Å². The van der Waals surface area contributed by atoms with Gasteiger partial charge in [-0.05, 0) is 17.5 Å². The largest absolute Gasteiger partial charge is 0.329 e. The smallest absolute Gasteiger partial charge is 0.0931 e. The average molecular weight is 193 g/mol. The summed E-state index contributed by atoms with van der Waals surface area (Å²) in [6, 6.07) is 4.08. The predicted octanol–water partition coefficient (Wildman–Crippen LogP) is 1.57. The first-order valence-corrected chi connectivity index (χ1v) is 5.10. The lowest BCUT2D eigenvalue weighted by atomic mass is 10.2. The summed E-state index contributed by atoms with van der Waals surface area (Å²) in [7, 11) is 0. The Morgan fingerprint density at radius 2 is 2.38 bits per heavy atom. The lowest BCUT2D eigenvalue weighted by molar-refractivity contribution is 0.627. The number of hydrogen-bond acceptors (Lipinski definition) is 3. The summed E-state index contributed by atoms with van der Waals surface area (Å²) < 4.78 is 1.87. The Kier molecular flexibility index (Phi) is 2.42. The standard InChI is InChI=1S/C9H11N3S/c10-3-5-12-4-1-9(11-12)8-2-6-13-7-8/h1-2,4,6-7H,3,5,10H2. The highest BCUT2D eigenvalue weighted by Crippen LogP contribution is 2.19. The van der Waals surface area contributed by atoms with Crippen molar-refractivity contribution < 1.29 is 0 Å². The van der Waals surface area contributed by atoms with Gasteiger partial charge in [0.1, 0.15) is 0 Å². The molecule has 4 heteroatoms. The zero-order chi connectivity index (χ0) is 9.10. The molecule has 68 valence electrons. The molecule has 2 heterocycles. The second kappa shape index (κ2) is 3.72. The fraction of sp³-hybridized carbons (Fsp3) is 0.222. The Balaban J connectivity index is 2.23. The lowest BCUT2D eigenvalue weighted by Crippen LogP contribution is -2.09. The van der Waals surface area contributed by atoms with Crippen molar-refractivity contribution in [1.29, 1.82) is 0 Å². The van der Waals surface area contributed by atoms with E-state index in [0.29, 0.717) is 6.54 Å². The maximum Gasteiger partial charge on any atom is 0.0931 e. The van der Waals surface area contributed by atoms with E-state index in [0.717, 1.165) is 12.2 Å². The minimum atomic E-state index is 0.630. The molecule has 0 aliphatic carbocycles. The number of thiophene rings is 1. The van der Waals surface area contributed by atoms with Crippen LogP contribution in [0.3, 0.4) is 0 Å². The maximum atomic E-state index is 5.43. The van der Waals surface area contributed by atoms with Crippen LogP contribution in [0.5, 0.6) is 0 Å². The van der Waals surface area contributed by atoms with Gasteiger partial charge < -0.3 is 5.73 Å². The van der Waals surface area contributed by atoms with E-state index in [1.165, 1.54) is 5.56 Å². The Labute approximate surface area is 80.8 Å². The maximum absolute atomic E-state index is 5.43. The van der Waals surface area contributed by atoms with Gasteiger partial charge in [0, 0.05) is 23.7 Å². The number of nitrogens with zero attached hydrogens (tertiary/aromatic N) is 2. The first-order valence-electron chi connectivity index (χ1n) is 4.16. The summed E-state index contributed by atoms with van der Waals surface area (Å²) in [6.07, 6.45) is 1.96. The van der Waals surface area contributed by atoms with Crippen LogP contribution < -0.4 is 5.73 Å². The molecule has 0 unspecified atom stereocenters. The zero-order valence-corrected chi connectivity index (χ0v) is 8.00. The fourth-order valence-corrected chi connectivity index (χ4v) is 1.83. The van der Waals surface area contributed by atoms with Crippen molar-refractivity contribution >= 4 is 11.3 Å². The number of rotatable bonds is 3. The normalized spacial score (nSPS) is 10.5. The summed E-state index contributed by atoms with van der Waals surface area (Å²) in [4.78, 5) is 0. The molecule has 2 rings (SSSR count). The molecule has 0 spiro atoms. The van der Waals surface area contributed by atoms with Crippen LogP contribution in [0.1, 0.15) is 0 Å². The van der Waals surface area contributed by atoms with E-state index in [2.05, 4.69) is 21.9 Å². The highest BCUT2D eigenvalue weighted by molar-refractivity contribution is 7.08. The molecule has 0 aromatic carbocycles. The van der Waals surface area contributed by atoms with E-state index in [4.69, 9.17) is 5.73 Å². The average Bonchev–Trinajstić information content (AvgIpc) is 2.70. The summed E-state index contributed by atoms with van der Waals surface area (Å²) in [5.74, 6) is 0. The molecule has 0 amide bonds. The van der Waals surface area contributed by atoms with Gasteiger partial charge in [-0.3, -0.25) is 4.68 Å². The fourth-order valence-electron chi connectivity index (χ4n) is 1.18. The van der Waals surface area contributed by atoms with Crippen LogP contribution in [-0.4, -0.2) is 16.3 Å². The Morgan fingerprint density at radius 3 is 3.08 bits per heavy atom. The van der Waals surface area contributed by atoms with Crippen LogP contribution in [0.4, 0.5) is 0 Å². The van der Waals surface area contributed by atoms with Gasteiger partial charge in [-0.15, -0.1) is 0 Å². The second-order valence-electron chi connectivity index (χ2n) is 2.76. The van der Waals surface area contributed by atoms with Gasteiger partial charge in [-0.25, -0.2) is 0 Å². The predicted molar refractivity (Wildman–Crippen MR) is 54.6 cm³/mol. The molecule has 0 saturated carbocycles. The van der Waals surface area contributed by atoms with E-state index in [-0.39, 0.29) is 0 Å². The van der Waals surface area contributed by atoms with E-state index < -0.39 is 0 Å². The summed E-state index contributed by atoms with van der Waals surface area (Å²) in [6.45, 7) is 1.41. The Morgan fingerprint density at radius 1 is 1.46 bits per heavy atom. The van der Waals surface area contributed by atoms with Gasteiger partial charge in [0.25, 0.3) is 0 Å². The van der Waals surface area contributed by atoms with Gasteiger partial charge in [0.05, 0.1) is 12.2 Å². The highest BCUT2D eigenvalue weighted by atomic mass is 32.1. The van der Waals surface area contributed by atoms with Crippen LogP contribution in [0.2, 0.25) is 0 Å². The number of aromatic nitrogens is 2. The summed E-state index contributed by atoms with van der Waals surface area (Å²) in [5.41, 5.74) is 7.63. The molecule has 0 fully saturated rings. The number of nitrogens with two attached hydrogens (primary N) is 1. The third kappa shape index (κ3) is 1.79. The molecular formula is C9H11N3S. The Hall–Kier alpha value is -1.13. The molecule has 2 aromatic heterocycles. The van der Waals surface area contributed by atoms with Gasteiger partial charge >= 0.3 is 0 Å². The van der Waals surface area contributed by atoms with Crippen molar-refractivity contribution in [3.8, 4) is 11.3 Å². The van der Waals surface area contributed by atoms with Crippen LogP contribution in [-0.2, 0) is 6.54 Å². The minimum Gasteiger partial charge on any atom is -0.329 e. The Bertz CT molecular complexity index is 364. The SMILES string of the molecule is NCCn1ccc(-c2ccsc2)n1. The molecule has 2 aromatic rings. The van der Waals surface area contributed by atoms with Crippen LogP contribution in [0, 0.1) is 0 Å². The molecule has 3 nitrogen and oxygen atoms in total. The molecule has 0 atom stereocenters. The summed E-state index contributed by atoms with van der Waals surface area (Å²) in [5, 5.41) is 8.53. The molecule has 2 N–H and O–H groups in total. The van der Waals surface area contributed by atoms with Crippen molar-refractivity contribution in [3.05, 3.63) is 29.1 Å². The van der Waals surface area contributed by atoms with E-state index in [1.807, 2.05) is 16.9 Å². The van der Waals surface area contributed by atoms with E-state index in [9.17, 15) is 0 Å². The van der Waals surface area contributed by atoms with Crippen LogP contribution in [0.15, 0.2) is 29.1 Å². The third-order valence-corrected chi connectivity index (χ3v) is 2.50. The third-order valence-electron chi connectivity index (χ3n) is 1.82. The van der Waals surface area contributed by atoms with Gasteiger partial charge in [-0.2, -0.15) is 16.4 Å². The monoisotopic (exact) mass is 193 g/mol. The molecule has 0 bridgehead atoms. The van der Waals surface area contributed by atoms with E-state index in [1.54, 1.807) is 11.3 Å². The quantitative estimate of drug-likeness (QED) is 0.804. The highest BCUT2D eigenvalue weighted by Gasteiger charge is 2.01. The molecule has 0 saturated heterocycles. The zero-order valence-electron chi connectivity index (χ0n) is 7.18. The minimum absolute atomic E-state index is 0.630. The van der Waals surface area contributed by atoms with Crippen molar-refractivity contribution in [3.63, 3.8) is 0 Å². The molecule has 0 aliphatic rings. The topological polar surface area (TPSA) is 43.8 Å². The molecule has 13 heavy (non-hydrogen) atoms. The van der Waals surface area contributed by atoms with Crippen molar-refractivity contribution in [2.75, 3.05) is 6.54 Å². The van der Waals surface area contributed by atoms with Crippen molar-refractivity contribution in [2.45, 2.75) is 6.54 Å². The van der Waals surface area contributed by atoms with Crippen LogP contribution >= 0.6 is 11.3 Å².